The fourth-order valence-electron chi connectivity index (χ4n) is 2.29. The molecule has 1 atom stereocenters. The normalized spacial score (nSPS) is 20.9. The number of methoxy groups -OCH3 is 1. The molecular formula is C14H18O3S. The van der Waals surface area contributed by atoms with Gasteiger partial charge in [-0.1, -0.05) is 24.6 Å². The Kier molecular flexibility index (Phi) is 4.07. The summed E-state index contributed by atoms with van der Waals surface area (Å²) < 4.78 is 30.5. The lowest BCUT2D eigenvalue weighted by molar-refractivity contribution is 0.276. The summed E-state index contributed by atoms with van der Waals surface area (Å²) in [6, 6.07) is 8.61. The van der Waals surface area contributed by atoms with Crippen molar-refractivity contribution < 1.29 is 13.2 Å². The molecule has 3 nitrogen and oxygen atoms in total. The molecule has 0 amide bonds. The minimum atomic E-state index is -3.34. The zero-order valence-corrected chi connectivity index (χ0v) is 11.3. The molecule has 0 bridgehead atoms. The Balaban J connectivity index is 2.39. The molecule has 1 aliphatic rings. The fraction of sp³-hybridized carbons (Fsp3) is 0.429. The van der Waals surface area contributed by atoms with Crippen LogP contribution in [0, 0.1) is 0 Å². The number of benzene rings is 1. The van der Waals surface area contributed by atoms with Gasteiger partial charge in [0.1, 0.15) is 11.0 Å². The topological polar surface area (TPSA) is 43.4 Å². The molecule has 0 spiro atoms. The number of hydrogen-bond acceptors (Lipinski definition) is 3. The second-order valence-corrected chi connectivity index (χ2v) is 6.57. The maximum Gasteiger partial charge on any atom is 0.188 e. The SMILES string of the molecule is COC1=CCCCCC1S(=O)(=O)c1ccccc1. The van der Waals surface area contributed by atoms with Crippen molar-refractivity contribution in [2.75, 3.05) is 7.11 Å². The number of sulfone groups is 1. The molecule has 1 aromatic rings. The number of allylic oxidation sites excluding steroid dienone is 1. The van der Waals surface area contributed by atoms with Gasteiger partial charge in [-0.3, -0.25) is 0 Å². The molecule has 0 fully saturated rings. The van der Waals surface area contributed by atoms with E-state index in [2.05, 4.69) is 0 Å². The molecule has 0 saturated heterocycles. The van der Waals surface area contributed by atoms with E-state index >= 15 is 0 Å². The second-order valence-electron chi connectivity index (χ2n) is 4.44. The molecule has 4 heteroatoms. The Bertz CT molecular complexity index is 517. The van der Waals surface area contributed by atoms with Crippen molar-refractivity contribution in [3.05, 3.63) is 42.2 Å². The van der Waals surface area contributed by atoms with E-state index in [0.29, 0.717) is 17.1 Å². The monoisotopic (exact) mass is 266 g/mol. The fourth-order valence-corrected chi connectivity index (χ4v) is 4.13. The summed E-state index contributed by atoms with van der Waals surface area (Å²) in [4.78, 5) is 0.375. The molecule has 0 aromatic heterocycles. The van der Waals surface area contributed by atoms with E-state index in [4.69, 9.17) is 4.74 Å². The lowest BCUT2D eigenvalue weighted by Crippen LogP contribution is -2.24. The van der Waals surface area contributed by atoms with Crippen LogP contribution in [0.15, 0.2) is 47.1 Å². The van der Waals surface area contributed by atoms with Crippen LogP contribution in [0.1, 0.15) is 25.7 Å². The van der Waals surface area contributed by atoms with Gasteiger partial charge in [-0.05, 0) is 37.5 Å². The maximum absolute atomic E-state index is 12.6. The first-order valence-corrected chi connectivity index (χ1v) is 7.74. The lowest BCUT2D eigenvalue weighted by atomic mass is 10.2. The van der Waals surface area contributed by atoms with E-state index in [1.165, 1.54) is 0 Å². The maximum atomic E-state index is 12.6. The van der Waals surface area contributed by atoms with Gasteiger partial charge in [0.25, 0.3) is 0 Å². The van der Waals surface area contributed by atoms with Gasteiger partial charge >= 0.3 is 0 Å². The highest BCUT2D eigenvalue weighted by Gasteiger charge is 2.32. The number of rotatable bonds is 3. The highest BCUT2D eigenvalue weighted by atomic mass is 32.2. The van der Waals surface area contributed by atoms with Crippen LogP contribution in [0.2, 0.25) is 0 Å². The van der Waals surface area contributed by atoms with Crippen molar-refractivity contribution in [2.24, 2.45) is 0 Å². The molecule has 0 N–H and O–H groups in total. The van der Waals surface area contributed by atoms with E-state index < -0.39 is 15.1 Å². The quantitative estimate of drug-likeness (QED) is 0.845. The van der Waals surface area contributed by atoms with Crippen LogP contribution in [0.25, 0.3) is 0 Å². The van der Waals surface area contributed by atoms with E-state index in [1.807, 2.05) is 12.1 Å². The Labute approximate surface area is 108 Å². The van der Waals surface area contributed by atoms with Crippen molar-refractivity contribution in [3.8, 4) is 0 Å². The third kappa shape index (κ3) is 2.58. The zero-order valence-electron chi connectivity index (χ0n) is 10.5. The minimum Gasteiger partial charge on any atom is -0.500 e. The van der Waals surface area contributed by atoms with Gasteiger partial charge < -0.3 is 4.74 Å². The van der Waals surface area contributed by atoms with E-state index in [-0.39, 0.29) is 0 Å². The predicted octanol–water partition coefficient (Wildman–Crippen LogP) is 2.93. The van der Waals surface area contributed by atoms with Crippen LogP contribution in [-0.2, 0) is 14.6 Å². The molecule has 1 aliphatic carbocycles. The molecular weight excluding hydrogens is 248 g/mol. The average molecular weight is 266 g/mol. The summed E-state index contributed by atoms with van der Waals surface area (Å²) in [5, 5.41) is -0.535. The van der Waals surface area contributed by atoms with Gasteiger partial charge in [0.05, 0.1) is 12.0 Å². The first-order chi connectivity index (χ1) is 8.66. The Morgan fingerprint density at radius 2 is 1.89 bits per heavy atom. The standard InChI is InChI=1S/C14H18O3S/c1-17-13-10-6-3-7-11-14(13)18(15,16)12-8-4-2-5-9-12/h2,4-5,8-10,14H,3,6-7,11H2,1H3. The van der Waals surface area contributed by atoms with Gasteiger partial charge in [-0.15, -0.1) is 0 Å². The van der Waals surface area contributed by atoms with Gasteiger partial charge in [0.15, 0.2) is 9.84 Å². The molecule has 0 heterocycles. The van der Waals surface area contributed by atoms with Gasteiger partial charge in [0, 0.05) is 0 Å². The third-order valence-corrected chi connectivity index (χ3v) is 5.41. The van der Waals surface area contributed by atoms with Gasteiger partial charge in [0.2, 0.25) is 0 Å². The Hall–Kier alpha value is -1.29. The summed E-state index contributed by atoms with van der Waals surface area (Å²) in [6.45, 7) is 0. The van der Waals surface area contributed by atoms with Gasteiger partial charge in [-0.2, -0.15) is 0 Å². The molecule has 1 aromatic carbocycles. The van der Waals surface area contributed by atoms with Crippen molar-refractivity contribution in [1.29, 1.82) is 0 Å². The first-order valence-electron chi connectivity index (χ1n) is 6.19. The van der Waals surface area contributed by atoms with E-state index in [1.54, 1.807) is 31.4 Å². The number of ether oxygens (including phenoxy) is 1. The number of hydrogen-bond donors (Lipinski definition) is 0. The largest absolute Gasteiger partial charge is 0.500 e. The van der Waals surface area contributed by atoms with Crippen LogP contribution >= 0.6 is 0 Å². The molecule has 2 rings (SSSR count). The molecule has 0 radical (unpaired) electrons. The lowest BCUT2D eigenvalue weighted by Gasteiger charge is -2.18. The summed E-state index contributed by atoms with van der Waals surface area (Å²) in [7, 11) is -1.79. The van der Waals surface area contributed by atoms with Crippen molar-refractivity contribution in [3.63, 3.8) is 0 Å². The first kappa shape index (κ1) is 13.1. The Morgan fingerprint density at radius 3 is 2.56 bits per heavy atom. The summed E-state index contributed by atoms with van der Waals surface area (Å²) >= 11 is 0. The molecule has 18 heavy (non-hydrogen) atoms. The zero-order chi connectivity index (χ0) is 13.0. The second kappa shape index (κ2) is 5.57. The summed E-state index contributed by atoms with van der Waals surface area (Å²) in [5.74, 6) is 0.594. The summed E-state index contributed by atoms with van der Waals surface area (Å²) in [6.07, 6.45) is 5.38. The van der Waals surface area contributed by atoms with Crippen LogP contribution < -0.4 is 0 Å². The van der Waals surface area contributed by atoms with Crippen molar-refractivity contribution >= 4 is 9.84 Å². The van der Waals surface area contributed by atoms with Crippen LogP contribution in [0.3, 0.4) is 0 Å². The molecule has 0 aliphatic heterocycles. The summed E-state index contributed by atoms with van der Waals surface area (Å²) in [5.41, 5.74) is 0. The highest BCUT2D eigenvalue weighted by molar-refractivity contribution is 7.92. The predicted molar refractivity (Wildman–Crippen MR) is 71.0 cm³/mol. The minimum absolute atomic E-state index is 0.375. The molecule has 1 unspecified atom stereocenters. The molecule has 0 saturated carbocycles. The van der Waals surface area contributed by atoms with Crippen LogP contribution in [0.5, 0.6) is 0 Å². The van der Waals surface area contributed by atoms with Crippen LogP contribution in [-0.4, -0.2) is 20.8 Å². The van der Waals surface area contributed by atoms with Crippen molar-refractivity contribution in [2.45, 2.75) is 35.8 Å². The third-order valence-electron chi connectivity index (χ3n) is 3.27. The van der Waals surface area contributed by atoms with E-state index in [0.717, 1.165) is 19.3 Å². The van der Waals surface area contributed by atoms with Gasteiger partial charge in [-0.25, -0.2) is 8.42 Å². The smallest absolute Gasteiger partial charge is 0.188 e. The molecule has 98 valence electrons. The van der Waals surface area contributed by atoms with Crippen molar-refractivity contribution in [1.82, 2.24) is 0 Å². The average Bonchev–Trinajstić information content (AvgIpc) is 2.65. The van der Waals surface area contributed by atoms with E-state index in [9.17, 15) is 8.42 Å². The van der Waals surface area contributed by atoms with Crippen LogP contribution in [0.4, 0.5) is 0 Å². The highest BCUT2D eigenvalue weighted by Crippen LogP contribution is 2.29. The Morgan fingerprint density at radius 1 is 1.17 bits per heavy atom.